The van der Waals surface area contributed by atoms with E-state index in [1.807, 2.05) is 13.8 Å². The minimum Gasteiger partial charge on any atom is -0.426 e. The fourth-order valence-corrected chi connectivity index (χ4v) is 1.24. The van der Waals surface area contributed by atoms with Gasteiger partial charge in [0.05, 0.1) is 0 Å². The molecule has 1 aromatic carbocycles. The number of aldehydes is 1. The second kappa shape index (κ2) is 4.73. The maximum Gasteiger partial charge on any atom is 0.310 e. The van der Waals surface area contributed by atoms with Crippen LogP contribution < -0.4 is 4.74 Å². The SMILES string of the molecule is CCC(=O)Oc1cc(C)c(C=O)cc1C. The van der Waals surface area contributed by atoms with Crippen LogP contribution >= 0.6 is 0 Å². The Hall–Kier alpha value is -1.64. The number of benzene rings is 1. The fourth-order valence-electron chi connectivity index (χ4n) is 1.24. The molecule has 1 rings (SSSR count). The van der Waals surface area contributed by atoms with E-state index in [0.717, 1.165) is 17.4 Å². The molecule has 3 heteroatoms. The minimum atomic E-state index is -0.267. The van der Waals surface area contributed by atoms with Gasteiger partial charge in [-0.1, -0.05) is 6.92 Å². The molecule has 0 unspecified atom stereocenters. The van der Waals surface area contributed by atoms with E-state index >= 15 is 0 Å². The summed E-state index contributed by atoms with van der Waals surface area (Å²) in [7, 11) is 0. The van der Waals surface area contributed by atoms with Crippen molar-refractivity contribution in [2.45, 2.75) is 27.2 Å². The molecule has 80 valence electrons. The molecule has 3 nitrogen and oxygen atoms in total. The summed E-state index contributed by atoms with van der Waals surface area (Å²) in [6.07, 6.45) is 1.14. The van der Waals surface area contributed by atoms with Crippen LogP contribution in [0.2, 0.25) is 0 Å². The number of hydrogen-bond donors (Lipinski definition) is 0. The Kier molecular flexibility index (Phi) is 3.61. The Morgan fingerprint density at radius 1 is 1.33 bits per heavy atom. The van der Waals surface area contributed by atoms with Gasteiger partial charge in [0.1, 0.15) is 12.0 Å². The zero-order chi connectivity index (χ0) is 11.4. The third-order valence-electron chi connectivity index (χ3n) is 2.20. The molecule has 1 aromatic rings. The zero-order valence-corrected chi connectivity index (χ0v) is 9.16. The molecule has 0 aliphatic carbocycles. The molecule has 0 saturated heterocycles. The molecule has 0 atom stereocenters. The molecule has 0 N–H and O–H groups in total. The molecule has 0 spiro atoms. The number of esters is 1. The molecule has 15 heavy (non-hydrogen) atoms. The topological polar surface area (TPSA) is 43.4 Å². The first-order valence-corrected chi connectivity index (χ1v) is 4.85. The molecule has 0 fully saturated rings. The van der Waals surface area contributed by atoms with E-state index in [4.69, 9.17) is 4.74 Å². The quantitative estimate of drug-likeness (QED) is 0.433. The number of rotatable bonds is 3. The van der Waals surface area contributed by atoms with Gasteiger partial charge in [0.2, 0.25) is 0 Å². The van der Waals surface area contributed by atoms with Crippen LogP contribution in [0.4, 0.5) is 0 Å². The molecule has 0 aliphatic heterocycles. The van der Waals surface area contributed by atoms with E-state index in [1.54, 1.807) is 19.1 Å². The van der Waals surface area contributed by atoms with Gasteiger partial charge in [0.15, 0.2) is 0 Å². The smallest absolute Gasteiger partial charge is 0.310 e. The van der Waals surface area contributed by atoms with Crippen molar-refractivity contribution >= 4 is 12.3 Å². The summed E-state index contributed by atoms with van der Waals surface area (Å²) < 4.78 is 5.12. The molecule has 0 heterocycles. The summed E-state index contributed by atoms with van der Waals surface area (Å²) in [4.78, 5) is 21.8. The summed E-state index contributed by atoms with van der Waals surface area (Å²) in [6.45, 7) is 5.36. The molecule has 0 radical (unpaired) electrons. The van der Waals surface area contributed by atoms with Gasteiger partial charge in [-0.15, -0.1) is 0 Å². The van der Waals surface area contributed by atoms with Crippen LogP contribution in [0, 0.1) is 13.8 Å². The normalized spacial score (nSPS) is 9.80. The molecular weight excluding hydrogens is 192 g/mol. The second-order valence-corrected chi connectivity index (χ2v) is 3.42. The van der Waals surface area contributed by atoms with Gasteiger partial charge in [0.25, 0.3) is 0 Å². The molecule has 0 amide bonds. The largest absolute Gasteiger partial charge is 0.426 e. The standard InChI is InChI=1S/C12H14O3/c1-4-12(14)15-11-6-8(2)10(7-13)5-9(11)3/h5-7H,4H2,1-3H3. The first-order valence-electron chi connectivity index (χ1n) is 4.85. The van der Waals surface area contributed by atoms with E-state index in [-0.39, 0.29) is 5.97 Å². The van der Waals surface area contributed by atoms with Gasteiger partial charge in [-0.3, -0.25) is 9.59 Å². The van der Waals surface area contributed by atoms with Gasteiger partial charge in [-0.25, -0.2) is 0 Å². The van der Waals surface area contributed by atoms with Crippen molar-refractivity contribution in [2.75, 3.05) is 0 Å². The van der Waals surface area contributed by atoms with Crippen molar-refractivity contribution in [2.24, 2.45) is 0 Å². The summed E-state index contributed by atoms with van der Waals surface area (Å²) in [6, 6.07) is 3.44. The van der Waals surface area contributed by atoms with Gasteiger partial charge in [-0.2, -0.15) is 0 Å². The van der Waals surface area contributed by atoms with Gasteiger partial charge in [-0.05, 0) is 37.1 Å². The number of hydrogen-bond acceptors (Lipinski definition) is 3. The maximum atomic E-state index is 11.1. The van der Waals surface area contributed by atoms with Crippen molar-refractivity contribution in [3.05, 3.63) is 28.8 Å². The van der Waals surface area contributed by atoms with Gasteiger partial charge < -0.3 is 4.74 Å². The van der Waals surface area contributed by atoms with E-state index in [9.17, 15) is 9.59 Å². The van der Waals surface area contributed by atoms with Gasteiger partial charge in [0, 0.05) is 12.0 Å². The Labute approximate surface area is 89.1 Å². The Morgan fingerprint density at radius 2 is 2.00 bits per heavy atom. The number of ether oxygens (including phenoxy) is 1. The monoisotopic (exact) mass is 206 g/mol. The lowest BCUT2D eigenvalue weighted by molar-refractivity contribution is -0.134. The molecule has 0 bridgehead atoms. The third-order valence-corrected chi connectivity index (χ3v) is 2.20. The third kappa shape index (κ3) is 2.65. The minimum absolute atomic E-state index is 0.267. The highest BCUT2D eigenvalue weighted by molar-refractivity contribution is 5.79. The lowest BCUT2D eigenvalue weighted by Crippen LogP contribution is -2.07. The predicted octanol–water partition coefficient (Wildman–Crippen LogP) is 2.43. The zero-order valence-electron chi connectivity index (χ0n) is 9.16. The van der Waals surface area contributed by atoms with E-state index < -0.39 is 0 Å². The van der Waals surface area contributed by atoms with Crippen LogP contribution in [0.15, 0.2) is 12.1 Å². The van der Waals surface area contributed by atoms with Crippen LogP contribution in [-0.2, 0) is 4.79 Å². The van der Waals surface area contributed by atoms with E-state index in [2.05, 4.69) is 0 Å². The first kappa shape index (κ1) is 11.4. The second-order valence-electron chi connectivity index (χ2n) is 3.42. The number of carbonyl (C=O) groups is 2. The Balaban J connectivity index is 3.05. The average molecular weight is 206 g/mol. The highest BCUT2D eigenvalue weighted by Gasteiger charge is 2.08. The van der Waals surface area contributed by atoms with Crippen LogP contribution in [0.25, 0.3) is 0 Å². The first-order chi connectivity index (χ1) is 7.08. The fraction of sp³-hybridized carbons (Fsp3) is 0.333. The molecule has 0 saturated carbocycles. The van der Waals surface area contributed by atoms with Crippen molar-refractivity contribution in [3.8, 4) is 5.75 Å². The predicted molar refractivity (Wildman–Crippen MR) is 57.2 cm³/mol. The van der Waals surface area contributed by atoms with Crippen LogP contribution in [0.3, 0.4) is 0 Å². The summed E-state index contributed by atoms with van der Waals surface area (Å²) in [5, 5.41) is 0. The van der Waals surface area contributed by atoms with Crippen molar-refractivity contribution in [3.63, 3.8) is 0 Å². The molecule has 0 aliphatic rings. The summed E-state index contributed by atoms with van der Waals surface area (Å²) >= 11 is 0. The summed E-state index contributed by atoms with van der Waals surface area (Å²) in [5.41, 5.74) is 2.24. The summed E-state index contributed by atoms with van der Waals surface area (Å²) in [5.74, 6) is 0.265. The Bertz CT molecular complexity index is 394. The highest BCUT2D eigenvalue weighted by Crippen LogP contribution is 2.22. The van der Waals surface area contributed by atoms with Crippen LogP contribution in [0.1, 0.15) is 34.8 Å². The van der Waals surface area contributed by atoms with Crippen molar-refractivity contribution in [1.29, 1.82) is 0 Å². The maximum absolute atomic E-state index is 11.1. The van der Waals surface area contributed by atoms with Crippen LogP contribution in [0.5, 0.6) is 5.75 Å². The number of carbonyl (C=O) groups excluding carboxylic acids is 2. The van der Waals surface area contributed by atoms with Crippen LogP contribution in [-0.4, -0.2) is 12.3 Å². The molecule has 0 aromatic heterocycles. The van der Waals surface area contributed by atoms with Crippen molar-refractivity contribution < 1.29 is 14.3 Å². The van der Waals surface area contributed by atoms with Crippen molar-refractivity contribution in [1.82, 2.24) is 0 Å². The number of aryl methyl sites for hydroxylation is 2. The average Bonchev–Trinajstić information content (AvgIpc) is 2.22. The highest BCUT2D eigenvalue weighted by atomic mass is 16.5. The lowest BCUT2D eigenvalue weighted by Gasteiger charge is -2.08. The molecular formula is C12H14O3. The van der Waals surface area contributed by atoms with E-state index in [0.29, 0.717) is 17.7 Å². The van der Waals surface area contributed by atoms with E-state index in [1.165, 1.54) is 0 Å². The lowest BCUT2D eigenvalue weighted by atomic mass is 10.1. The Morgan fingerprint density at radius 3 is 2.53 bits per heavy atom. The van der Waals surface area contributed by atoms with Gasteiger partial charge >= 0.3 is 5.97 Å².